The number of allylic oxidation sites excluding steroid dienone is 1. The van der Waals surface area contributed by atoms with E-state index in [1.54, 1.807) is 0 Å². The van der Waals surface area contributed by atoms with Crippen LogP contribution in [0.3, 0.4) is 0 Å². The molecule has 2 rings (SSSR count). The predicted molar refractivity (Wildman–Crippen MR) is 66.1 cm³/mol. The molecule has 1 aliphatic carbocycles. The summed E-state index contributed by atoms with van der Waals surface area (Å²) in [5, 5.41) is 0. The van der Waals surface area contributed by atoms with E-state index in [0.717, 1.165) is 0 Å². The number of hydrogen-bond donors (Lipinski definition) is 0. The van der Waals surface area contributed by atoms with Crippen LogP contribution in [0.5, 0.6) is 0 Å². The van der Waals surface area contributed by atoms with Crippen molar-refractivity contribution in [3.8, 4) is 0 Å². The first-order valence-electron chi connectivity index (χ1n) is 5.88. The maximum absolute atomic E-state index is 4.22. The highest BCUT2D eigenvalue weighted by Gasteiger charge is 2.36. The van der Waals surface area contributed by atoms with Gasteiger partial charge in [-0.05, 0) is 32.3 Å². The Bertz CT molecular complexity index is 367. The van der Waals surface area contributed by atoms with Gasteiger partial charge in [0.25, 0.3) is 0 Å². The first-order chi connectivity index (χ1) is 7.15. The molecule has 0 radical (unpaired) electrons. The van der Waals surface area contributed by atoms with E-state index in [4.69, 9.17) is 0 Å². The van der Waals surface area contributed by atoms with Crippen molar-refractivity contribution in [3.63, 3.8) is 0 Å². The Balaban J connectivity index is 2.45. The number of benzene rings is 1. The molecule has 0 heterocycles. The molecule has 1 fully saturated rings. The molecule has 0 saturated heterocycles. The molecule has 0 unspecified atom stereocenters. The van der Waals surface area contributed by atoms with Gasteiger partial charge in [-0.2, -0.15) is 0 Å². The first-order valence-corrected chi connectivity index (χ1v) is 5.88. The maximum atomic E-state index is 4.22. The zero-order chi connectivity index (χ0) is 10.9. The van der Waals surface area contributed by atoms with Crippen LogP contribution in [0.2, 0.25) is 0 Å². The molecule has 0 nitrogen and oxygen atoms in total. The fourth-order valence-electron chi connectivity index (χ4n) is 2.88. The smallest absolute Gasteiger partial charge is 0.0156 e. The van der Waals surface area contributed by atoms with Crippen LogP contribution >= 0.6 is 0 Å². The zero-order valence-electron chi connectivity index (χ0n) is 9.84. The molecule has 1 aromatic rings. The maximum Gasteiger partial charge on any atom is 0.0156 e. The van der Waals surface area contributed by atoms with Crippen LogP contribution < -0.4 is 0 Å². The molecule has 1 aliphatic rings. The molecule has 0 heteroatoms. The van der Waals surface area contributed by atoms with E-state index in [1.807, 2.05) is 0 Å². The minimum atomic E-state index is 0.284. The van der Waals surface area contributed by atoms with Crippen molar-refractivity contribution in [2.24, 2.45) is 0 Å². The van der Waals surface area contributed by atoms with Crippen LogP contribution in [0.15, 0.2) is 36.4 Å². The molecule has 0 spiro atoms. The Morgan fingerprint density at radius 3 is 2.47 bits per heavy atom. The SMILES string of the molecule is C=C(C)C1(c2cccc(C)c2)CCCC1. The average molecular weight is 200 g/mol. The summed E-state index contributed by atoms with van der Waals surface area (Å²) in [5.41, 5.74) is 4.46. The third-order valence-electron chi connectivity index (χ3n) is 3.84. The van der Waals surface area contributed by atoms with Gasteiger partial charge in [0.05, 0.1) is 0 Å². The third-order valence-corrected chi connectivity index (χ3v) is 3.84. The molecule has 1 saturated carbocycles. The van der Waals surface area contributed by atoms with Gasteiger partial charge in [-0.1, -0.05) is 54.8 Å². The van der Waals surface area contributed by atoms with Gasteiger partial charge in [-0.25, -0.2) is 0 Å². The van der Waals surface area contributed by atoms with Crippen LogP contribution in [-0.2, 0) is 5.41 Å². The Kier molecular flexibility index (Phi) is 2.68. The lowest BCUT2D eigenvalue weighted by Crippen LogP contribution is -2.23. The van der Waals surface area contributed by atoms with Gasteiger partial charge in [0.2, 0.25) is 0 Å². The van der Waals surface area contributed by atoms with Crippen LogP contribution in [0.1, 0.15) is 43.7 Å². The molecule has 0 amide bonds. The van der Waals surface area contributed by atoms with E-state index < -0.39 is 0 Å². The van der Waals surface area contributed by atoms with Crippen LogP contribution in [0.25, 0.3) is 0 Å². The van der Waals surface area contributed by atoms with Crippen LogP contribution in [-0.4, -0.2) is 0 Å². The Labute approximate surface area is 93.0 Å². The van der Waals surface area contributed by atoms with Gasteiger partial charge in [0.15, 0.2) is 0 Å². The standard InChI is InChI=1S/C15H20/c1-12(2)15(9-4-5-10-15)14-8-6-7-13(3)11-14/h6-8,11H,1,4-5,9-10H2,2-3H3. The van der Waals surface area contributed by atoms with Crippen molar-refractivity contribution in [3.05, 3.63) is 47.5 Å². The normalized spacial score (nSPS) is 19.1. The molecule has 0 aromatic heterocycles. The summed E-state index contributed by atoms with van der Waals surface area (Å²) in [6, 6.07) is 8.95. The molecule has 0 N–H and O–H groups in total. The van der Waals surface area contributed by atoms with Crippen molar-refractivity contribution in [1.82, 2.24) is 0 Å². The average Bonchev–Trinajstić information content (AvgIpc) is 2.67. The second-order valence-corrected chi connectivity index (χ2v) is 4.94. The minimum absolute atomic E-state index is 0.284. The highest BCUT2D eigenvalue weighted by Crippen LogP contribution is 2.45. The Morgan fingerprint density at radius 1 is 1.27 bits per heavy atom. The van der Waals surface area contributed by atoms with E-state index in [1.165, 1.54) is 42.4 Å². The number of aryl methyl sites for hydroxylation is 1. The molecule has 0 bridgehead atoms. The zero-order valence-corrected chi connectivity index (χ0v) is 9.84. The van der Waals surface area contributed by atoms with Crippen LogP contribution in [0.4, 0.5) is 0 Å². The largest absolute Gasteiger partial charge is 0.0992 e. The summed E-state index contributed by atoms with van der Waals surface area (Å²) in [4.78, 5) is 0. The van der Waals surface area contributed by atoms with E-state index in [0.29, 0.717) is 0 Å². The van der Waals surface area contributed by atoms with E-state index >= 15 is 0 Å². The van der Waals surface area contributed by atoms with Crippen molar-refractivity contribution < 1.29 is 0 Å². The van der Waals surface area contributed by atoms with Crippen molar-refractivity contribution in [1.29, 1.82) is 0 Å². The van der Waals surface area contributed by atoms with Gasteiger partial charge in [0.1, 0.15) is 0 Å². The minimum Gasteiger partial charge on any atom is -0.0992 e. The highest BCUT2D eigenvalue weighted by molar-refractivity contribution is 5.37. The Morgan fingerprint density at radius 2 is 1.93 bits per heavy atom. The summed E-state index contributed by atoms with van der Waals surface area (Å²) in [5.74, 6) is 0. The summed E-state index contributed by atoms with van der Waals surface area (Å²) >= 11 is 0. The van der Waals surface area contributed by atoms with Crippen molar-refractivity contribution >= 4 is 0 Å². The third kappa shape index (κ3) is 1.73. The summed E-state index contributed by atoms with van der Waals surface area (Å²) < 4.78 is 0. The van der Waals surface area contributed by atoms with E-state index in [2.05, 4.69) is 44.7 Å². The van der Waals surface area contributed by atoms with Gasteiger partial charge in [-0.3, -0.25) is 0 Å². The molecular formula is C15H20. The lowest BCUT2D eigenvalue weighted by atomic mass is 9.73. The summed E-state index contributed by atoms with van der Waals surface area (Å²) in [7, 11) is 0. The van der Waals surface area contributed by atoms with Gasteiger partial charge < -0.3 is 0 Å². The van der Waals surface area contributed by atoms with Gasteiger partial charge in [0, 0.05) is 5.41 Å². The fourth-order valence-corrected chi connectivity index (χ4v) is 2.88. The second-order valence-electron chi connectivity index (χ2n) is 4.94. The van der Waals surface area contributed by atoms with Crippen molar-refractivity contribution in [2.45, 2.75) is 44.9 Å². The quantitative estimate of drug-likeness (QED) is 0.621. The van der Waals surface area contributed by atoms with E-state index in [-0.39, 0.29) is 5.41 Å². The molecule has 15 heavy (non-hydrogen) atoms. The lowest BCUT2D eigenvalue weighted by molar-refractivity contribution is 0.523. The highest BCUT2D eigenvalue weighted by atomic mass is 14.4. The van der Waals surface area contributed by atoms with Crippen molar-refractivity contribution in [2.75, 3.05) is 0 Å². The fraction of sp³-hybridized carbons (Fsp3) is 0.467. The molecular weight excluding hydrogens is 180 g/mol. The summed E-state index contributed by atoms with van der Waals surface area (Å²) in [6.07, 6.45) is 5.26. The first kappa shape index (κ1) is 10.5. The lowest BCUT2D eigenvalue weighted by Gasteiger charge is -2.30. The van der Waals surface area contributed by atoms with Crippen LogP contribution in [0, 0.1) is 6.92 Å². The number of rotatable bonds is 2. The molecule has 1 aromatic carbocycles. The van der Waals surface area contributed by atoms with Gasteiger partial charge in [-0.15, -0.1) is 0 Å². The topological polar surface area (TPSA) is 0 Å². The van der Waals surface area contributed by atoms with Gasteiger partial charge >= 0.3 is 0 Å². The Hall–Kier alpha value is -1.04. The molecule has 80 valence electrons. The summed E-state index contributed by atoms with van der Waals surface area (Å²) in [6.45, 7) is 8.57. The molecule has 0 atom stereocenters. The monoisotopic (exact) mass is 200 g/mol. The van der Waals surface area contributed by atoms with E-state index in [9.17, 15) is 0 Å². The second kappa shape index (κ2) is 3.84. The molecule has 0 aliphatic heterocycles. The predicted octanol–water partition coefficient (Wildman–Crippen LogP) is 4.38. The number of hydrogen-bond acceptors (Lipinski definition) is 0.